The number of amides is 2. The minimum atomic E-state index is -4.72. The molecule has 0 fully saturated rings. The molecule has 7 nitrogen and oxygen atoms in total. The zero-order chi connectivity index (χ0) is 28.4. The second kappa shape index (κ2) is 10.8. The number of carbonyl (C=O) groups excluding carboxylic acids is 2. The number of nitrogens with zero attached hydrogens (tertiary/aromatic N) is 4. The third-order valence-corrected chi connectivity index (χ3v) is 6.48. The monoisotopic (exact) mass is 541 g/mol. The van der Waals surface area contributed by atoms with Crippen LogP contribution < -0.4 is 10.2 Å². The molecule has 1 heterocycles. The van der Waals surface area contributed by atoms with Crippen LogP contribution in [0.4, 0.5) is 23.2 Å². The van der Waals surface area contributed by atoms with Crippen molar-refractivity contribution in [2.45, 2.75) is 51.5 Å². The number of rotatable bonds is 8. The summed E-state index contributed by atoms with van der Waals surface area (Å²) < 4.78 is 57.5. The summed E-state index contributed by atoms with van der Waals surface area (Å²) in [7, 11) is 0. The van der Waals surface area contributed by atoms with Crippen LogP contribution in [-0.2, 0) is 22.3 Å². The number of halogens is 4. The maximum absolute atomic E-state index is 15.2. The Morgan fingerprint density at radius 2 is 1.69 bits per heavy atom. The molecule has 0 aliphatic rings. The minimum Gasteiger partial charge on any atom is -0.349 e. The molecule has 1 unspecified atom stereocenters. The van der Waals surface area contributed by atoms with E-state index in [1.807, 2.05) is 6.92 Å². The van der Waals surface area contributed by atoms with Gasteiger partial charge in [-0.1, -0.05) is 48.5 Å². The highest BCUT2D eigenvalue weighted by Crippen LogP contribution is 2.35. The molecule has 0 radical (unpaired) electrons. The van der Waals surface area contributed by atoms with Crippen LogP contribution in [0.5, 0.6) is 0 Å². The highest BCUT2D eigenvalue weighted by molar-refractivity contribution is 6.01. The van der Waals surface area contributed by atoms with Crippen molar-refractivity contribution >= 4 is 28.5 Å². The summed E-state index contributed by atoms with van der Waals surface area (Å²) in [5.41, 5.74) is -1.15. The van der Waals surface area contributed by atoms with Crippen molar-refractivity contribution in [3.05, 3.63) is 89.7 Å². The average molecular weight is 542 g/mol. The molecule has 0 aliphatic carbocycles. The Labute approximate surface area is 222 Å². The number of para-hydroxylation sites is 1. The van der Waals surface area contributed by atoms with Gasteiger partial charge in [-0.15, -0.1) is 5.10 Å². The van der Waals surface area contributed by atoms with Crippen LogP contribution in [0, 0.1) is 5.82 Å². The Bertz CT molecular complexity index is 1500. The largest absolute Gasteiger partial charge is 0.416 e. The lowest BCUT2D eigenvalue weighted by molar-refractivity contribution is -0.137. The maximum Gasteiger partial charge on any atom is 0.416 e. The first-order chi connectivity index (χ1) is 18.4. The molecule has 4 rings (SSSR count). The van der Waals surface area contributed by atoms with Crippen molar-refractivity contribution in [3.8, 4) is 0 Å². The molecular formula is C28H27F4N5O2. The summed E-state index contributed by atoms with van der Waals surface area (Å²) in [5, 5.41) is 10.8. The van der Waals surface area contributed by atoms with E-state index < -0.39 is 47.5 Å². The van der Waals surface area contributed by atoms with Gasteiger partial charge < -0.3 is 5.32 Å². The third-order valence-electron chi connectivity index (χ3n) is 6.48. The molecule has 204 valence electrons. The first-order valence-electron chi connectivity index (χ1n) is 12.3. The molecule has 1 aromatic heterocycles. The number of anilines is 1. The van der Waals surface area contributed by atoms with E-state index in [4.69, 9.17) is 0 Å². The number of hydrogen-bond donors (Lipinski definition) is 1. The second-order valence-corrected chi connectivity index (χ2v) is 9.70. The number of hydrogen-bond acceptors (Lipinski definition) is 4. The predicted octanol–water partition coefficient (Wildman–Crippen LogP) is 5.67. The lowest BCUT2D eigenvalue weighted by Crippen LogP contribution is -2.51. The van der Waals surface area contributed by atoms with Gasteiger partial charge in [0.05, 0.1) is 11.1 Å². The number of nitrogens with one attached hydrogen (secondary N) is 1. The van der Waals surface area contributed by atoms with Crippen LogP contribution in [-0.4, -0.2) is 32.3 Å². The number of aromatic nitrogens is 3. The molecule has 4 aromatic rings. The van der Waals surface area contributed by atoms with E-state index in [1.165, 1.54) is 28.9 Å². The topological polar surface area (TPSA) is 80.1 Å². The zero-order valence-electron chi connectivity index (χ0n) is 21.5. The minimum absolute atomic E-state index is 0.170. The van der Waals surface area contributed by atoms with E-state index in [1.54, 1.807) is 38.1 Å². The van der Waals surface area contributed by atoms with E-state index in [2.05, 4.69) is 15.6 Å². The third kappa shape index (κ3) is 6.08. The van der Waals surface area contributed by atoms with Crippen molar-refractivity contribution in [2.75, 3.05) is 4.90 Å². The summed E-state index contributed by atoms with van der Waals surface area (Å²) >= 11 is 0. The van der Waals surface area contributed by atoms with Gasteiger partial charge >= 0.3 is 6.18 Å². The number of carbonyl (C=O) groups is 2. The molecule has 1 atom stereocenters. The first kappa shape index (κ1) is 27.7. The highest BCUT2D eigenvalue weighted by atomic mass is 19.4. The molecule has 0 saturated heterocycles. The van der Waals surface area contributed by atoms with Crippen LogP contribution in [0.3, 0.4) is 0 Å². The number of benzene rings is 3. The van der Waals surface area contributed by atoms with E-state index in [0.29, 0.717) is 17.5 Å². The average Bonchev–Trinajstić information content (AvgIpc) is 3.29. The van der Waals surface area contributed by atoms with Crippen molar-refractivity contribution < 1.29 is 27.2 Å². The molecule has 39 heavy (non-hydrogen) atoms. The molecular weight excluding hydrogens is 514 g/mol. The van der Waals surface area contributed by atoms with Crippen LogP contribution in [0.15, 0.2) is 72.8 Å². The number of fused-ring (bicyclic) bond motifs is 1. The second-order valence-electron chi connectivity index (χ2n) is 9.70. The van der Waals surface area contributed by atoms with Gasteiger partial charge in [0.1, 0.15) is 23.9 Å². The van der Waals surface area contributed by atoms with E-state index in [0.717, 1.165) is 29.2 Å². The van der Waals surface area contributed by atoms with E-state index in [9.17, 15) is 22.8 Å². The quantitative estimate of drug-likeness (QED) is 0.292. The Morgan fingerprint density at radius 1 is 1.00 bits per heavy atom. The fourth-order valence-electron chi connectivity index (χ4n) is 4.09. The van der Waals surface area contributed by atoms with Gasteiger partial charge in [-0.2, -0.15) is 13.2 Å². The lowest BCUT2D eigenvalue weighted by Gasteiger charge is -2.35. The molecule has 3 aromatic carbocycles. The Hall–Kier alpha value is -4.28. The van der Waals surface area contributed by atoms with Crippen LogP contribution in [0.2, 0.25) is 0 Å². The lowest BCUT2D eigenvalue weighted by atomic mass is 9.97. The van der Waals surface area contributed by atoms with Gasteiger partial charge in [-0.05, 0) is 56.7 Å². The molecule has 11 heteroatoms. The van der Waals surface area contributed by atoms with Crippen molar-refractivity contribution in [1.29, 1.82) is 0 Å². The summed E-state index contributed by atoms with van der Waals surface area (Å²) in [6.07, 6.45) is -4.21. The fourth-order valence-corrected chi connectivity index (χ4v) is 4.09. The first-order valence-corrected chi connectivity index (χ1v) is 12.3. The molecule has 1 N–H and O–H groups in total. The SMILES string of the molecule is CCC(C)(C)NC(=O)C(c1ccccc1F)N(C(=O)Cn1nnc2ccccc21)c1cccc(C(F)(F)F)c1. The fraction of sp³-hybridized carbons (Fsp3) is 0.286. The van der Waals surface area contributed by atoms with Gasteiger partial charge in [-0.25, -0.2) is 9.07 Å². The summed E-state index contributed by atoms with van der Waals surface area (Å²) in [6, 6.07) is 14.6. The summed E-state index contributed by atoms with van der Waals surface area (Å²) in [6.45, 7) is 4.87. The van der Waals surface area contributed by atoms with Crippen LogP contribution in [0.25, 0.3) is 11.0 Å². The van der Waals surface area contributed by atoms with Gasteiger partial charge in [0.15, 0.2) is 0 Å². The normalized spacial score (nSPS) is 12.8. The maximum atomic E-state index is 15.2. The van der Waals surface area contributed by atoms with E-state index in [-0.39, 0.29) is 11.3 Å². The molecule has 0 spiro atoms. The molecule has 0 bridgehead atoms. The Kier molecular flexibility index (Phi) is 7.71. The van der Waals surface area contributed by atoms with Crippen molar-refractivity contribution in [1.82, 2.24) is 20.3 Å². The standard InChI is InChI=1S/C28H27F4N5O2/c1-4-27(2,3)33-26(39)25(20-12-5-6-13-21(20)29)37(19-11-9-10-18(16-19)28(30,31)32)24(38)17-36-23-15-8-7-14-22(23)34-35-36/h5-16,25H,4,17H2,1-3H3,(H,33,39). The van der Waals surface area contributed by atoms with Gasteiger partial charge in [0, 0.05) is 16.8 Å². The predicted molar refractivity (Wildman–Crippen MR) is 138 cm³/mol. The van der Waals surface area contributed by atoms with Gasteiger partial charge in [0.25, 0.3) is 0 Å². The van der Waals surface area contributed by atoms with Crippen LogP contribution in [0.1, 0.15) is 44.4 Å². The van der Waals surface area contributed by atoms with Crippen molar-refractivity contribution in [2.24, 2.45) is 0 Å². The summed E-state index contributed by atoms with van der Waals surface area (Å²) in [4.78, 5) is 28.6. The molecule has 2 amide bonds. The smallest absolute Gasteiger partial charge is 0.349 e. The zero-order valence-corrected chi connectivity index (χ0v) is 21.5. The molecule has 0 aliphatic heterocycles. The van der Waals surface area contributed by atoms with Gasteiger partial charge in [-0.3, -0.25) is 14.5 Å². The van der Waals surface area contributed by atoms with E-state index >= 15 is 4.39 Å². The Morgan fingerprint density at radius 3 is 2.38 bits per heavy atom. The van der Waals surface area contributed by atoms with Crippen LogP contribution >= 0.6 is 0 Å². The Balaban J connectivity index is 1.89. The number of alkyl halides is 3. The van der Waals surface area contributed by atoms with Gasteiger partial charge in [0.2, 0.25) is 11.8 Å². The molecule has 0 saturated carbocycles. The highest BCUT2D eigenvalue weighted by Gasteiger charge is 2.38. The van der Waals surface area contributed by atoms with Crippen molar-refractivity contribution in [3.63, 3.8) is 0 Å². The summed E-state index contributed by atoms with van der Waals surface area (Å²) in [5.74, 6) is -2.33.